The summed E-state index contributed by atoms with van der Waals surface area (Å²) in [6.45, 7) is 1.41. The van der Waals surface area contributed by atoms with E-state index in [1.54, 1.807) is 35.4 Å². The van der Waals surface area contributed by atoms with Gasteiger partial charge in [-0.2, -0.15) is 4.80 Å². The lowest BCUT2D eigenvalue weighted by molar-refractivity contribution is 0.0717. The van der Waals surface area contributed by atoms with Crippen LogP contribution in [-0.2, 0) is 6.54 Å². The smallest absolute Gasteiger partial charge is 0.254 e. The first-order valence-electron chi connectivity index (χ1n) is 9.17. The predicted octanol–water partition coefficient (Wildman–Crippen LogP) is 1.77. The van der Waals surface area contributed by atoms with E-state index in [0.29, 0.717) is 36.0 Å². The third-order valence-corrected chi connectivity index (χ3v) is 5.02. The first-order valence-corrected chi connectivity index (χ1v) is 9.17. The molecule has 142 valence electrons. The first kappa shape index (κ1) is 16.7. The van der Waals surface area contributed by atoms with Crippen molar-refractivity contribution in [1.82, 2.24) is 30.1 Å². The van der Waals surface area contributed by atoms with E-state index in [0.717, 1.165) is 18.4 Å². The largest absolute Gasteiger partial charge is 0.454 e. The van der Waals surface area contributed by atoms with Gasteiger partial charge in [0.1, 0.15) is 0 Å². The molecule has 1 fully saturated rings. The molecule has 0 aliphatic carbocycles. The molecule has 9 nitrogen and oxygen atoms in total. The highest BCUT2D eigenvalue weighted by molar-refractivity contribution is 5.95. The Bertz CT molecular complexity index is 1010. The molecule has 0 radical (unpaired) electrons. The number of hydrogen-bond acceptors (Lipinski definition) is 7. The zero-order chi connectivity index (χ0) is 18.9. The van der Waals surface area contributed by atoms with Crippen LogP contribution in [-0.4, -0.2) is 55.4 Å². The van der Waals surface area contributed by atoms with E-state index in [4.69, 9.17) is 9.47 Å². The lowest BCUT2D eigenvalue weighted by Gasteiger charge is -2.24. The van der Waals surface area contributed by atoms with Crippen molar-refractivity contribution in [2.24, 2.45) is 0 Å². The summed E-state index contributed by atoms with van der Waals surface area (Å²) >= 11 is 0. The number of likely N-dealkylation sites (tertiary alicyclic amines) is 1. The van der Waals surface area contributed by atoms with Crippen molar-refractivity contribution in [3.63, 3.8) is 0 Å². The molecule has 0 N–H and O–H groups in total. The zero-order valence-corrected chi connectivity index (χ0v) is 15.1. The number of amides is 1. The van der Waals surface area contributed by atoms with Crippen LogP contribution in [0.25, 0.3) is 11.4 Å². The van der Waals surface area contributed by atoms with Crippen molar-refractivity contribution < 1.29 is 14.3 Å². The van der Waals surface area contributed by atoms with Crippen LogP contribution in [0.1, 0.15) is 23.2 Å². The monoisotopic (exact) mass is 378 g/mol. The van der Waals surface area contributed by atoms with Crippen molar-refractivity contribution in [1.29, 1.82) is 0 Å². The van der Waals surface area contributed by atoms with Gasteiger partial charge in [-0.25, -0.2) is 0 Å². The number of carbonyl (C=O) groups is 1. The Morgan fingerprint density at radius 2 is 2.00 bits per heavy atom. The molecule has 2 aromatic heterocycles. The van der Waals surface area contributed by atoms with Gasteiger partial charge in [0, 0.05) is 30.1 Å². The molecular weight excluding hydrogens is 360 g/mol. The molecule has 0 unspecified atom stereocenters. The molecule has 1 atom stereocenters. The second-order valence-corrected chi connectivity index (χ2v) is 6.77. The number of nitrogens with zero attached hydrogens (tertiary/aromatic N) is 6. The number of pyridine rings is 1. The molecule has 2 aliphatic heterocycles. The summed E-state index contributed by atoms with van der Waals surface area (Å²) in [5, 5.41) is 12.7. The molecule has 5 rings (SSSR count). The molecule has 28 heavy (non-hydrogen) atoms. The van der Waals surface area contributed by atoms with E-state index in [1.807, 2.05) is 17.0 Å². The zero-order valence-electron chi connectivity index (χ0n) is 15.1. The van der Waals surface area contributed by atoms with E-state index in [2.05, 4.69) is 20.4 Å². The van der Waals surface area contributed by atoms with E-state index >= 15 is 0 Å². The summed E-state index contributed by atoms with van der Waals surface area (Å²) in [4.78, 5) is 20.5. The maximum atomic E-state index is 13.0. The molecule has 1 aromatic carbocycles. The van der Waals surface area contributed by atoms with Crippen molar-refractivity contribution in [2.75, 3.05) is 13.3 Å². The molecule has 0 saturated carbocycles. The average Bonchev–Trinajstić information content (AvgIpc) is 3.48. The molecule has 2 aliphatic rings. The number of rotatable bonds is 4. The SMILES string of the molecule is O=C(c1ccc2c(c1)OCO2)N1CCC[C@H]1Cn1nnc(-c2ccncc2)n1. The first-order chi connectivity index (χ1) is 13.8. The van der Waals surface area contributed by atoms with Gasteiger partial charge in [-0.1, -0.05) is 0 Å². The highest BCUT2D eigenvalue weighted by Gasteiger charge is 2.31. The fourth-order valence-corrected chi connectivity index (χ4v) is 3.61. The van der Waals surface area contributed by atoms with Crippen LogP contribution in [0.15, 0.2) is 42.7 Å². The van der Waals surface area contributed by atoms with E-state index < -0.39 is 0 Å². The van der Waals surface area contributed by atoms with Gasteiger partial charge in [0.2, 0.25) is 12.6 Å². The normalized spacial score (nSPS) is 17.9. The summed E-state index contributed by atoms with van der Waals surface area (Å²) in [6.07, 6.45) is 5.24. The minimum absolute atomic E-state index is 0.0183. The van der Waals surface area contributed by atoms with E-state index in [-0.39, 0.29) is 18.7 Å². The Hall–Kier alpha value is -3.49. The molecule has 1 amide bonds. The van der Waals surface area contributed by atoms with Crippen LogP contribution in [0.2, 0.25) is 0 Å². The Labute approximate surface area is 160 Å². The number of hydrogen-bond donors (Lipinski definition) is 0. The van der Waals surface area contributed by atoms with E-state index in [9.17, 15) is 4.79 Å². The Balaban J connectivity index is 1.32. The van der Waals surface area contributed by atoms with Crippen molar-refractivity contribution in [3.05, 3.63) is 48.3 Å². The lowest BCUT2D eigenvalue weighted by Crippen LogP contribution is -2.38. The average molecular weight is 378 g/mol. The number of fused-ring (bicyclic) bond motifs is 1. The highest BCUT2D eigenvalue weighted by Crippen LogP contribution is 2.33. The quantitative estimate of drug-likeness (QED) is 0.683. The van der Waals surface area contributed by atoms with Gasteiger partial charge in [-0.05, 0) is 48.4 Å². The number of aromatic nitrogens is 5. The fraction of sp³-hybridized carbons (Fsp3) is 0.316. The van der Waals surface area contributed by atoms with E-state index in [1.165, 1.54) is 0 Å². The number of benzene rings is 1. The van der Waals surface area contributed by atoms with Crippen molar-refractivity contribution >= 4 is 5.91 Å². The standard InChI is InChI=1S/C19H18N6O3/c26-19(14-3-4-16-17(10-14)28-12-27-16)24-9-1-2-15(24)11-25-22-18(21-23-25)13-5-7-20-8-6-13/h3-8,10,15H,1-2,9,11-12H2/t15-/m0/s1. The minimum Gasteiger partial charge on any atom is -0.454 e. The summed E-state index contributed by atoms with van der Waals surface area (Å²) in [6, 6.07) is 9.01. The van der Waals surface area contributed by atoms with Gasteiger partial charge in [0.15, 0.2) is 11.5 Å². The van der Waals surface area contributed by atoms with Crippen molar-refractivity contribution in [3.8, 4) is 22.9 Å². The highest BCUT2D eigenvalue weighted by atomic mass is 16.7. The third-order valence-electron chi connectivity index (χ3n) is 5.02. The molecule has 3 aromatic rings. The summed E-state index contributed by atoms with van der Waals surface area (Å²) in [5.41, 5.74) is 1.46. The second kappa shape index (κ2) is 6.91. The molecule has 0 spiro atoms. The van der Waals surface area contributed by atoms with Gasteiger partial charge in [0.25, 0.3) is 5.91 Å². The molecular formula is C19H18N6O3. The summed E-state index contributed by atoms with van der Waals surface area (Å²) in [7, 11) is 0. The van der Waals surface area contributed by atoms with Crippen LogP contribution in [0, 0.1) is 0 Å². The minimum atomic E-state index is -0.0183. The van der Waals surface area contributed by atoms with Crippen LogP contribution < -0.4 is 9.47 Å². The van der Waals surface area contributed by atoms with Crippen molar-refractivity contribution in [2.45, 2.75) is 25.4 Å². The maximum absolute atomic E-state index is 13.0. The predicted molar refractivity (Wildman–Crippen MR) is 97.7 cm³/mol. The molecule has 9 heteroatoms. The Morgan fingerprint density at radius 1 is 1.14 bits per heavy atom. The van der Waals surface area contributed by atoms with Crippen LogP contribution >= 0.6 is 0 Å². The van der Waals surface area contributed by atoms with Gasteiger partial charge >= 0.3 is 0 Å². The summed E-state index contributed by atoms with van der Waals surface area (Å²) < 4.78 is 10.7. The maximum Gasteiger partial charge on any atom is 0.254 e. The molecule has 4 heterocycles. The van der Waals surface area contributed by atoms with Crippen LogP contribution in [0.3, 0.4) is 0 Å². The van der Waals surface area contributed by atoms with Gasteiger partial charge in [-0.15, -0.1) is 10.2 Å². The number of tetrazole rings is 1. The Morgan fingerprint density at radius 3 is 2.89 bits per heavy atom. The van der Waals surface area contributed by atoms with Gasteiger partial charge in [0.05, 0.1) is 12.6 Å². The van der Waals surface area contributed by atoms with Gasteiger partial charge < -0.3 is 14.4 Å². The number of carbonyl (C=O) groups excluding carboxylic acids is 1. The molecule has 1 saturated heterocycles. The second-order valence-electron chi connectivity index (χ2n) is 6.77. The third kappa shape index (κ3) is 3.04. The van der Waals surface area contributed by atoms with Crippen LogP contribution in [0.4, 0.5) is 0 Å². The lowest BCUT2D eigenvalue weighted by atomic mass is 10.1. The number of ether oxygens (including phenoxy) is 2. The topological polar surface area (TPSA) is 95.3 Å². The fourth-order valence-electron chi connectivity index (χ4n) is 3.61. The Kier molecular flexibility index (Phi) is 4.12. The van der Waals surface area contributed by atoms with Crippen LogP contribution in [0.5, 0.6) is 11.5 Å². The summed E-state index contributed by atoms with van der Waals surface area (Å²) in [5.74, 6) is 1.82. The molecule has 0 bridgehead atoms. The van der Waals surface area contributed by atoms with Gasteiger partial charge in [-0.3, -0.25) is 9.78 Å².